The summed E-state index contributed by atoms with van der Waals surface area (Å²) in [6, 6.07) is 9.97. The fourth-order valence-electron chi connectivity index (χ4n) is 0.959. The quantitative estimate of drug-likeness (QED) is 0.675. The molecule has 0 fully saturated rings. The molecule has 0 unspecified atom stereocenters. The van der Waals surface area contributed by atoms with Crippen molar-refractivity contribution in [2.45, 2.75) is 0 Å². The lowest BCUT2D eigenvalue weighted by molar-refractivity contribution is 1.04. The summed E-state index contributed by atoms with van der Waals surface area (Å²) in [5.74, 6) is 0. The van der Waals surface area contributed by atoms with E-state index in [0.29, 0.717) is 0 Å². The van der Waals surface area contributed by atoms with Crippen molar-refractivity contribution in [2.24, 2.45) is 0 Å². The molecule has 1 heterocycles. The molecule has 1 aromatic carbocycles. The second-order valence-corrected chi connectivity index (χ2v) is 3.33. The number of benzene rings is 1. The Kier molecular flexibility index (Phi) is 1.73. The molecule has 0 saturated carbocycles. The molecule has 0 aliphatic carbocycles. The van der Waals surface area contributed by atoms with Crippen molar-refractivity contribution in [3.8, 4) is 0 Å². The third-order valence-corrected chi connectivity index (χ3v) is 1.99. The highest BCUT2D eigenvalue weighted by Gasteiger charge is 1.93. The third-order valence-electron chi connectivity index (χ3n) is 1.46. The highest BCUT2D eigenvalue weighted by molar-refractivity contribution is 14.1. The van der Waals surface area contributed by atoms with Crippen LogP contribution >= 0.6 is 22.6 Å². The lowest BCUT2D eigenvalue weighted by Crippen LogP contribution is -1.85. The predicted molar refractivity (Wildman–Crippen MR) is 52.3 cm³/mol. The van der Waals surface area contributed by atoms with Crippen LogP contribution in [0.3, 0.4) is 0 Å². The van der Waals surface area contributed by atoms with Crippen LogP contribution in [0.4, 0.5) is 0 Å². The fraction of sp³-hybridized carbons (Fsp3) is 0. The summed E-state index contributed by atoms with van der Waals surface area (Å²) in [5, 5.41) is 9.11. The number of nitrogens with zero attached hydrogens (tertiary/aromatic N) is 2. The van der Waals surface area contributed by atoms with Gasteiger partial charge in [0.15, 0.2) is 0 Å². The molecule has 3 heteroatoms. The summed E-state index contributed by atoms with van der Waals surface area (Å²) in [4.78, 5) is 0. The number of rotatable bonds is 0. The molecule has 0 amide bonds. The van der Waals surface area contributed by atoms with Crippen molar-refractivity contribution in [1.82, 2.24) is 10.2 Å². The third kappa shape index (κ3) is 1.33. The van der Waals surface area contributed by atoms with Gasteiger partial charge in [-0.1, -0.05) is 18.2 Å². The van der Waals surface area contributed by atoms with Gasteiger partial charge in [-0.05, 0) is 34.7 Å². The summed E-state index contributed by atoms with van der Waals surface area (Å²) in [6.07, 6.45) is 0. The van der Waals surface area contributed by atoms with Crippen molar-refractivity contribution < 1.29 is 0 Å². The van der Waals surface area contributed by atoms with Crippen molar-refractivity contribution in [3.63, 3.8) is 0 Å². The fourth-order valence-corrected chi connectivity index (χ4v) is 1.40. The van der Waals surface area contributed by atoms with Crippen molar-refractivity contribution in [2.75, 3.05) is 0 Å². The Bertz CT molecular complexity index is 387. The molecule has 0 aliphatic heterocycles. The Labute approximate surface area is 77.8 Å². The van der Waals surface area contributed by atoms with Crippen LogP contribution in [0.5, 0.6) is 0 Å². The Morgan fingerprint density at radius 2 is 1.91 bits per heavy atom. The lowest BCUT2D eigenvalue weighted by atomic mass is 10.2. The molecule has 2 aromatic rings. The largest absolute Gasteiger partial charge is 0.149 e. The summed E-state index contributed by atoms with van der Waals surface area (Å²) < 4.78 is 0.932. The average Bonchev–Trinajstić information content (AvgIpc) is 2.04. The molecule has 11 heavy (non-hydrogen) atoms. The molecule has 0 aliphatic rings. The Morgan fingerprint density at radius 3 is 2.82 bits per heavy atom. The number of hydrogen-bond donors (Lipinski definition) is 0. The van der Waals surface area contributed by atoms with E-state index >= 15 is 0 Å². The van der Waals surface area contributed by atoms with Crippen LogP contribution in [-0.4, -0.2) is 10.2 Å². The van der Waals surface area contributed by atoms with Gasteiger partial charge in [0.2, 0.25) is 0 Å². The number of halogens is 1. The topological polar surface area (TPSA) is 25.8 Å². The molecular formula is C8H5IN2. The maximum Gasteiger partial charge on any atom is 0.124 e. The van der Waals surface area contributed by atoms with E-state index < -0.39 is 0 Å². The zero-order chi connectivity index (χ0) is 7.68. The van der Waals surface area contributed by atoms with Crippen LogP contribution in [0.2, 0.25) is 0 Å². The van der Waals surface area contributed by atoms with Crippen LogP contribution in [0.25, 0.3) is 10.9 Å². The summed E-state index contributed by atoms with van der Waals surface area (Å²) in [5.41, 5.74) is 0.952. The Hall–Kier alpha value is -0.710. The van der Waals surface area contributed by atoms with E-state index in [4.69, 9.17) is 0 Å². The second kappa shape index (κ2) is 2.73. The van der Waals surface area contributed by atoms with Gasteiger partial charge in [0.05, 0.1) is 5.52 Å². The van der Waals surface area contributed by atoms with Gasteiger partial charge in [0.25, 0.3) is 0 Å². The monoisotopic (exact) mass is 256 g/mol. The van der Waals surface area contributed by atoms with Crippen molar-refractivity contribution in [3.05, 3.63) is 34.0 Å². The van der Waals surface area contributed by atoms with Gasteiger partial charge in [-0.2, -0.15) is 0 Å². The number of aromatic nitrogens is 2. The Morgan fingerprint density at radius 1 is 1.09 bits per heavy atom. The highest BCUT2D eigenvalue weighted by Crippen LogP contribution is 2.11. The first kappa shape index (κ1) is 6.97. The van der Waals surface area contributed by atoms with Crippen molar-refractivity contribution >= 4 is 33.5 Å². The first-order valence-corrected chi connectivity index (χ1v) is 4.32. The maximum absolute atomic E-state index is 4.02. The first-order valence-electron chi connectivity index (χ1n) is 3.24. The molecule has 0 N–H and O–H groups in total. The van der Waals surface area contributed by atoms with E-state index in [9.17, 15) is 0 Å². The van der Waals surface area contributed by atoms with E-state index in [-0.39, 0.29) is 0 Å². The van der Waals surface area contributed by atoms with Gasteiger partial charge >= 0.3 is 0 Å². The van der Waals surface area contributed by atoms with Gasteiger partial charge in [-0.25, -0.2) is 0 Å². The maximum atomic E-state index is 4.02. The van der Waals surface area contributed by atoms with E-state index in [1.807, 2.05) is 30.3 Å². The minimum Gasteiger partial charge on any atom is -0.149 e. The van der Waals surface area contributed by atoms with Crippen LogP contribution in [0.1, 0.15) is 0 Å². The smallest absolute Gasteiger partial charge is 0.124 e. The number of fused-ring (bicyclic) bond motifs is 1. The van der Waals surface area contributed by atoms with Gasteiger partial charge in [-0.15, -0.1) is 10.2 Å². The number of hydrogen-bond acceptors (Lipinski definition) is 2. The molecule has 2 rings (SSSR count). The van der Waals surface area contributed by atoms with E-state index in [1.54, 1.807) is 0 Å². The van der Waals surface area contributed by atoms with Crippen LogP contribution < -0.4 is 0 Å². The predicted octanol–water partition coefficient (Wildman–Crippen LogP) is 2.23. The zero-order valence-electron chi connectivity index (χ0n) is 5.66. The molecule has 0 radical (unpaired) electrons. The van der Waals surface area contributed by atoms with Crippen LogP contribution in [-0.2, 0) is 0 Å². The van der Waals surface area contributed by atoms with E-state index in [1.165, 1.54) is 0 Å². The van der Waals surface area contributed by atoms with E-state index in [2.05, 4.69) is 32.8 Å². The van der Waals surface area contributed by atoms with Gasteiger partial charge < -0.3 is 0 Å². The molecule has 1 aromatic heterocycles. The molecule has 54 valence electrons. The normalized spacial score (nSPS) is 10.3. The minimum absolute atomic E-state index is 0.932. The molecule has 0 bridgehead atoms. The van der Waals surface area contributed by atoms with Gasteiger partial charge in [0, 0.05) is 5.39 Å². The van der Waals surface area contributed by atoms with Crippen LogP contribution in [0.15, 0.2) is 30.3 Å². The van der Waals surface area contributed by atoms with Crippen LogP contribution in [0, 0.1) is 3.70 Å². The summed E-state index contributed by atoms with van der Waals surface area (Å²) in [6.45, 7) is 0. The summed E-state index contributed by atoms with van der Waals surface area (Å²) in [7, 11) is 0. The molecule has 0 saturated heterocycles. The minimum atomic E-state index is 0.932. The lowest BCUT2D eigenvalue weighted by Gasteiger charge is -1.93. The second-order valence-electron chi connectivity index (χ2n) is 2.23. The highest BCUT2D eigenvalue weighted by atomic mass is 127. The standard InChI is InChI=1S/C8H5IN2/c9-8-5-6-3-1-2-4-7(6)10-11-8/h1-5H. The summed E-state index contributed by atoms with van der Waals surface area (Å²) >= 11 is 2.15. The molecule has 2 nitrogen and oxygen atoms in total. The molecule has 0 atom stereocenters. The average molecular weight is 256 g/mol. The van der Waals surface area contributed by atoms with Crippen molar-refractivity contribution in [1.29, 1.82) is 0 Å². The van der Waals surface area contributed by atoms with E-state index in [0.717, 1.165) is 14.6 Å². The zero-order valence-corrected chi connectivity index (χ0v) is 7.82. The molecular weight excluding hydrogens is 251 g/mol. The molecule has 0 spiro atoms. The SMILES string of the molecule is Ic1cc2ccccc2nn1. The first-order chi connectivity index (χ1) is 5.36. The Balaban J connectivity index is 2.83. The van der Waals surface area contributed by atoms with Gasteiger partial charge in [-0.3, -0.25) is 0 Å². The van der Waals surface area contributed by atoms with Gasteiger partial charge in [0.1, 0.15) is 3.70 Å².